The van der Waals surface area contributed by atoms with Gasteiger partial charge >= 0.3 is 0 Å². The molecule has 108 valence electrons. The van der Waals surface area contributed by atoms with Gasteiger partial charge in [-0.05, 0) is 31.4 Å². The van der Waals surface area contributed by atoms with Crippen molar-refractivity contribution in [2.75, 3.05) is 13.1 Å². The minimum atomic E-state index is 0.693. The summed E-state index contributed by atoms with van der Waals surface area (Å²) in [6, 6.07) is 6.03. The van der Waals surface area contributed by atoms with Crippen LogP contribution < -0.4 is 5.32 Å². The summed E-state index contributed by atoms with van der Waals surface area (Å²) in [6.45, 7) is 10.4. The van der Waals surface area contributed by atoms with Crippen LogP contribution in [0.1, 0.15) is 49.8 Å². The van der Waals surface area contributed by atoms with Crippen LogP contribution in [0.5, 0.6) is 0 Å². The highest BCUT2D eigenvalue weighted by Gasteiger charge is 2.26. The summed E-state index contributed by atoms with van der Waals surface area (Å²) in [4.78, 5) is 5.75. The third-order valence-electron chi connectivity index (χ3n) is 4.15. The van der Waals surface area contributed by atoms with Gasteiger partial charge in [0.25, 0.3) is 0 Å². The van der Waals surface area contributed by atoms with Gasteiger partial charge in [-0.15, -0.1) is 11.3 Å². The predicted octanol–water partition coefficient (Wildman–Crippen LogP) is 3.66. The van der Waals surface area contributed by atoms with E-state index in [4.69, 9.17) is 0 Å². The van der Waals surface area contributed by atoms with Gasteiger partial charge in [0.05, 0.1) is 0 Å². The molecule has 2 atom stereocenters. The predicted molar refractivity (Wildman–Crippen MR) is 84.9 cm³/mol. The van der Waals surface area contributed by atoms with Crippen LogP contribution in [-0.4, -0.2) is 30.1 Å². The Morgan fingerprint density at radius 1 is 1.26 bits per heavy atom. The maximum absolute atomic E-state index is 3.71. The van der Waals surface area contributed by atoms with Gasteiger partial charge in [-0.25, -0.2) is 0 Å². The summed E-state index contributed by atoms with van der Waals surface area (Å²) in [7, 11) is 0. The zero-order valence-corrected chi connectivity index (χ0v) is 13.4. The van der Waals surface area contributed by atoms with E-state index in [1.54, 1.807) is 0 Å². The topological polar surface area (TPSA) is 15.3 Å². The fourth-order valence-electron chi connectivity index (χ4n) is 2.96. The van der Waals surface area contributed by atoms with E-state index in [9.17, 15) is 0 Å². The first-order chi connectivity index (χ1) is 9.26. The van der Waals surface area contributed by atoms with Crippen molar-refractivity contribution in [3.05, 3.63) is 21.9 Å². The quantitative estimate of drug-likeness (QED) is 0.855. The summed E-state index contributed by atoms with van der Waals surface area (Å²) >= 11 is 1.99. The average molecular weight is 280 g/mol. The van der Waals surface area contributed by atoms with Crippen molar-refractivity contribution in [1.82, 2.24) is 10.2 Å². The minimum Gasteiger partial charge on any atom is -0.311 e. The van der Waals surface area contributed by atoms with Crippen molar-refractivity contribution >= 4 is 11.3 Å². The molecule has 0 bridgehead atoms. The number of aryl methyl sites for hydroxylation is 1. The fraction of sp³-hybridized carbons (Fsp3) is 0.750. The van der Waals surface area contributed by atoms with Gasteiger partial charge in [0, 0.05) is 41.5 Å². The average Bonchev–Trinajstić information content (AvgIpc) is 2.87. The normalized spacial score (nSPS) is 24.8. The third-order valence-corrected chi connectivity index (χ3v) is 5.36. The van der Waals surface area contributed by atoms with E-state index in [0.717, 1.165) is 13.1 Å². The second-order valence-corrected chi connectivity index (χ2v) is 6.86. The lowest BCUT2D eigenvalue weighted by atomic mass is 10.0. The molecule has 0 aromatic carbocycles. The summed E-state index contributed by atoms with van der Waals surface area (Å²) in [5.74, 6) is 0. The molecular formula is C16H28N2S. The molecule has 2 heterocycles. The number of piperazine rings is 1. The van der Waals surface area contributed by atoms with Gasteiger partial charge in [-0.2, -0.15) is 0 Å². The van der Waals surface area contributed by atoms with E-state index in [1.807, 2.05) is 11.3 Å². The Morgan fingerprint density at radius 2 is 2.05 bits per heavy atom. The van der Waals surface area contributed by atoms with Gasteiger partial charge in [0.2, 0.25) is 0 Å². The molecule has 2 nitrogen and oxygen atoms in total. The van der Waals surface area contributed by atoms with E-state index in [0.29, 0.717) is 12.1 Å². The molecule has 1 fully saturated rings. The second kappa shape index (κ2) is 7.41. The smallest absolute Gasteiger partial charge is 0.0332 e. The van der Waals surface area contributed by atoms with Gasteiger partial charge in [-0.3, -0.25) is 4.90 Å². The second-order valence-electron chi connectivity index (χ2n) is 5.61. The Balaban J connectivity index is 1.97. The van der Waals surface area contributed by atoms with Gasteiger partial charge in [0.1, 0.15) is 0 Å². The van der Waals surface area contributed by atoms with Crippen LogP contribution in [0.2, 0.25) is 0 Å². The van der Waals surface area contributed by atoms with Crippen LogP contribution in [0, 0.1) is 0 Å². The van der Waals surface area contributed by atoms with Crippen molar-refractivity contribution in [2.24, 2.45) is 0 Å². The minimum absolute atomic E-state index is 0.693. The summed E-state index contributed by atoms with van der Waals surface area (Å²) in [5.41, 5.74) is 0. The monoisotopic (exact) mass is 280 g/mol. The number of rotatable bonds is 6. The highest BCUT2D eigenvalue weighted by atomic mass is 32.1. The molecular weight excluding hydrogens is 252 g/mol. The summed E-state index contributed by atoms with van der Waals surface area (Å²) in [5, 5.41) is 3.71. The Morgan fingerprint density at radius 3 is 2.68 bits per heavy atom. The molecule has 0 amide bonds. The van der Waals surface area contributed by atoms with Crippen molar-refractivity contribution < 1.29 is 0 Å². The molecule has 1 N–H and O–H groups in total. The summed E-state index contributed by atoms with van der Waals surface area (Å²) in [6.07, 6.45) is 5.00. The van der Waals surface area contributed by atoms with E-state index >= 15 is 0 Å². The first-order valence-corrected chi connectivity index (χ1v) is 8.63. The van der Waals surface area contributed by atoms with Crippen LogP contribution in [0.25, 0.3) is 0 Å². The molecule has 2 unspecified atom stereocenters. The van der Waals surface area contributed by atoms with Crippen LogP contribution in [0.4, 0.5) is 0 Å². The molecule has 1 saturated heterocycles. The van der Waals surface area contributed by atoms with Crippen LogP contribution in [0.15, 0.2) is 12.1 Å². The Kier molecular flexibility index (Phi) is 5.86. The first-order valence-electron chi connectivity index (χ1n) is 7.81. The highest BCUT2D eigenvalue weighted by molar-refractivity contribution is 7.11. The van der Waals surface area contributed by atoms with Crippen molar-refractivity contribution in [3.63, 3.8) is 0 Å². The molecule has 1 aliphatic heterocycles. The molecule has 0 spiro atoms. The van der Waals surface area contributed by atoms with E-state index in [1.165, 1.54) is 42.0 Å². The van der Waals surface area contributed by atoms with Crippen LogP contribution in [0.3, 0.4) is 0 Å². The molecule has 1 aromatic heterocycles. The molecule has 2 rings (SSSR count). The number of nitrogens with one attached hydrogen (secondary N) is 1. The molecule has 0 radical (unpaired) electrons. The molecule has 1 aliphatic rings. The molecule has 19 heavy (non-hydrogen) atoms. The van der Waals surface area contributed by atoms with Crippen molar-refractivity contribution in [1.29, 1.82) is 0 Å². The largest absolute Gasteiger partial charge is 0.311 e. The molecule has 0 saturated carbocycles. The Hall–Kier alpha value is -0.380. The number of thiophene rings is 1. The first kappa shape index (κ1) is 15.0. The van der Waals surface area contributed by atoms with Crippen molar-refractivity contribution in [3.8, 4) is 0 Å². The number of hydrogen-bond acceptors (Lipinski definition) is 3. The molecule has 0 aliphatic carbocycles. The standard InChI is InChI=1S/C16H28N2S/c1-4-7-13-11-18(14(5-2)10-17-13)12-16-9-8-15(6-3)19-16/h8-9,13-14,17H,4-7,10-12H2,1-3H3. The lowest BCUT2D eigenvalue weighted by Crippen LogP contribution is -2.55. The molecule has 1 aromatic rings. The lowest BCUT2D eigenvalue weighted by molar-refractivity contribution is 0.117. The summed E-state index contributed by atoms with van der Waals surface area (Å²) < 4.78 is 0. The van der Waals surface area contributed by atoms with E-state index < -0.39 is 0 Å². The maximum Gasteiger partial charge on any atom is 0.0332 e. The zero-order chi connectivity index (χ0) is 13.7. The van der Waals surface area contributed by atoms with Crippen molar-refractivity contribution in [2.45, 2.75) is 65.1 Å². The number of nitrogens with zero attached hydrogens (tertiary/aromatic N) is 1. The zero-order valence-electron chi connectivity index (χ0n) is 12.6. The maximum atomic E-state index is 3.71. The fourth-order valence-corrected chi connectivity index (χ4v) is 3.95. The van der Waals surface area contributed by atoms with Gasteiger partial charge < -0.3 is 5.32 Å². The van der Waals surface area contributed by atoms with E-state index in [-0.39, 0.29) is 0 Å². The van der Waals surface area contributed by atoms with Gasteiger partial charge in [0.15, 0.2) is 0 Å². The third kappa shape index (κ3) is 4.04. The SMILES string of the molecule is CCCC1CN(Cc2ccc(CC)s2)C(CC)CN1. The Bertz CT molecular complexity index is 375. The highest BCUT2D eigenvalue weighted by Crippen LogP contribution is 2.22. The van der Waals surface area contributed by atoms with Crippen LogP contribution >= 0.6 is 11.3 Å². The molecule has 3 heteroatoms. The van der Waals surface area contributed by atoms with E-state index in [2.05, 4.69) is 43.1 Å². The van der Waals surface area contributed by atoms with Crippen LogP contribution in [-0.2, 0) is 13.0 Å². The van der Waals surface area contributed by atoms with Gasteiger partial charge in [-0.1, -0.05) is 27.2 Å². The number of hydrogen-bond donors (Lipinski definition) is 1. The lowest BCUT2D eigenvalue weighted by Gasteiger charge is -2.40. The Labute approximate surface area is 122 Å².